The van der Waals surface area contributed by atoms with Crippen molar-refractivity contribution in [3.05, 3.63) is 40.4 Å². The van der Waals surface area contributed by atoms with E-state index in [1.165, 1.54) is 7.11 Å². The highest BCUT2D eigenvalue weighted by molar-refractivity contribution is 6.30. The number of carbonyl (C=O) groups is 1. The molecule has 0 amide bonds. The van der Waals surface area contributed by atoms with Gasteiger partial charge in [-0.05, 0) is 23.8 Å². The Morgan fingerprint density at radius 2 is 2.12 bits per heavy atom. The summed E-state index contributed by atoms with van der Waals surface area (Å²) in [5.41, 5.74) is 1.13. The van der Waals surface area contributed by atoms with Gasteiger partial charge in [-0.2, -0.15) is 5.26 Å². The van der Waals surface area contributed by atoms with Crippen molar-refractivity contribution in [1.82, 2.24) is 0 Å². The van der Waals surface area contributed by atoms with Gasteiger partial charge in [0.2, 0.25) is 0 Å². The monoisotopic (exact) mass is 235 g/mol. The number of nitriles is 1. The van der Waals surface area contributed by atoms with Crippen molar-refractivity contribution in [2.45, 2.75) is 6.42 Å². The lowest BCUT2D eigenvalue weighted by molar-refractivity contribution is -0.136. The molecule has 0 atom stereocenters. The molecule has 0 saturated carbocycles. The zero-order chi connectivity index (χ0) is 12.0. The fourth-order valence-corrected chi connectivity index (χ4v) is 1.28. The summed E-state index contributed by atoms with van der Waals surface area (Å²) >= 11 is 5.73. The molecule has 3 nitrogen and oxygen atoms in total. The zero-order valence-electron chi connectivity index (χ0n) is 8.74. The largest absolute Gasteiger partial charge is 0.466 e. The highest BCUT2D eigenvalue weighted by Gasteiger charge is 2.08. The van der Waals surface area contributed by atoms with E-state index < -0.39 is 5.97 Å². The normalized spacial score (nSPS) is 10.7. The Balaban J connectivity index is 2.98. The number of halogens is 1. The summed E-state index contributed by atoms with van der Waals surface area (Å²) in [5.74, 6) is -0.489. The maximum Gasteiger partial charge on any atom is 0.334 e. The van der Waals surface area contributed by atoms with Gasteiger partial charge < -0.3 is 4.74 Å². The lowest BCUT2D eigenvalue weighted by Gasteiger charge is -2.01. The average Bonchev–Trinajstić information content (AvgIpc) is 2.30. The van der Waals surface area contributed by atoms with Crippen LogP contribution in [0, 0.1) is 11.3 Å². The number of carbonyl (C=O) groups excluding carboxylic acids is 1. The van der Waals surface area contributed by atoms with Crippen LogP contribution in [0.15, 0.2) is 29.8 Å². The third kappa shape index (κ3) is 3.41. The van der Waals surface area contributed by atoms with Crippen LogP contribution >= 0.6 is 11.6 Å². The van der Waals surface area contributed by atoms with Crippen LogP contribution in [0.4, 0.5) is 0 Å². The minimum atomic E-state index is -0.489. The van der Waals surface area contributed by atoms with Gasteiger partial charge in [0.05, 0.1) is 25.2 Å². The standard InChI is InChI=1S/C12H10ClNO2/c1-16-12(15)10(6-7-14)8-9-2-4-11(13)5-3-9/h2-5,8H,6H2,1H3/b10-8+. The van der Waals surface area contributed by atoms with Gasteiger partial charge in [0, 0.05) is 5.02 Å². The Labute approximate surface area is 98.9 Å². The van der Waals surface area contributed by atoms with Gasteiger partial charge in [0.15, 0.2) is 0 Å². The Morgan fingerprint density at radius 3 is 2.62 bits per heavy atom. The van der Waals surface area contributed by atoms with Crippen molar-refractivity contribution in [1.29, 1.82) is 5.26 Å². The highest BCUT2D eigenvalue weighted by atomic mass is 35.5. The van der Waals surface area contributed by atoms with Crippen molar-refractivity contribution in [3.8, 4) is 6.07 Å². The molecule has 0 aliphatic carbocycles. The van der Waals surface area contributed by atoms with Crippen molar-refractivity contribution in [3.63, 3.8) is 0 Å². The van der Waals surface area contributed by atoms with E-state index in [-0.39, 0.29) is 6.42 Å². The summed E-state index contributed by atoms with van der Waals surface area (Å²) in [6.07, 6.45) is 1.64. The SMILES string of the molecule is COC(=O)/C(=C/c1ccc(Cl)cc1)CC#N. The number of methoxy groups -OCH3 is 1. The van der Waals surface area contributed by atoms with Crippen molar-refractivity contribution in [2.24, 2.45) is 0 Å². The predicted octanol–water partition coefficient (Wildman–Crippen LogP) is 2.81. The predicted molar refractivity (Wildman–Crippen MR) is 61.7 cm³/mol. The molecule has 0 bridgehead atoms. The molecule has 1 rings (SSSR count). The first-order valence-corrected chi connectivity index (χ1v) is 4.96. The van der Waals surface area contributed by atoms with Crippen LogP contribution in [0.1, 0.15) is 12.0 Å². The number of nitrogens with zero attached hydrogens (tertiary/aromatic N) is 1. The fraction of sp³-hybridized carbons (Fsp3) is 0.167. The Hall–Kier alpha value is -1.79. The summed E-state index contributed by atoms with van der Waals surface area (Å²) in [5, 5.41) is 9.21. The van der Waals surface area contributed by atoms with E-state index in [1.54, 1.807) is 30.3 Å². The lowest BCUT2D eigenvalue weighted by atomic mass is 10.1. The Bertz CT molecular complexity index is 443. The first kappa shape index (κ1) is 12.3. The van der Waals surface area contributed by atoms with Crippen molar-refractivity contribution < 1.29 is 9.53 Å². The maximum atomic E-state index is 11.3. The summed E-state index contributed by atoms with van der Waals surface area (Å²) < 4.78 is 4.58. The molecule has 4 heteroatoms. The van der Waals surface area contributed by atoms with Crippen LogP contribution in [0.25, 0.3) is 6.08 Å². The van der Waals surface area contributed by atoms with Gasteiger partial charge in [0.1, 0.15) is 0 Å². The maximum absolute atomic E-state index is 11.3. The summed E-state index contributed by atoms with van der Waals surface area (Å²) in [7, 11) is 1.29. The van der Waals surface area contributed by atoms with E-state index >= 15 is 0 Å². The van der Waals surface area contributed by atoms with Crippen LogP contribution in [-0.2, 0) is 9.53 Å². The molecule has 1 aromatic carbocycles. The van der Waals surface area contributed by atoms with Crippen LogP contribution in [0.3, 0.4) is 0 Å². The third-order valence-corrected chi connectivity index (χ3v) is 2.18. The van der Waals surface area contributed by atoms with Gasteiger partial charge in [0.25, 0.3) is 0 Å². The second-order valence-corrected chi connectivity index (χ2v) is 3.48. The molecule has 0 heterocycles. The number of esters is 1. The Morgan fingerprint density at radius 1 is 1.50 bits per heavy atom. The van der Waals surface area contributed by atoms with Crippen LogP contribution in [0.5, 0.6) is 0 Å². The molecule has 0 aliphatic heterocycles. The summed E-state index contributed by atoms with van der Waals surface area (Å²) in [6.45, 7) is 0. The topological polar surface area (TPSA) is 50.1 Å². The van der Waals surface area contributed by atoms with Gasteiger partial charge in [-0.15, -0.1) is 0 Å². The quantitative estimate of drug-likeness (QED) is 0.598. The van der Waals surface area contributed by atoms with Gasteiger partial charge in [-0.1, -0.05) is 23.7 Å². The summed E-state index contributed by atoms with van der Waals surface area (Å²) in [4.78, 5) is 11.3. The first-order chi connectivity index (χ1) is 7.67. The lowest BCUT2D eigenvalue weighted by Crippen LogP contribution is -2.03. The van der Waals surface area contributed by atoms with E-state index in [9.17, 15) is 4.79 Å². The van der Waals surface area contributed by atoms with Crippen LogP contribution in [0.2, 0.25) is 5.02 Å². The molecular weight excluding hydrogens is 226 g/mol. The van der Waals surface area contributed by atoms with Crippen LogP contribution < -0.4 is 0 Å². The molecule has 0 radical (unpaired) electrons. The zero-order valence-corrected chi connectivity index (χ0v) is 9.49. The molecule has 1 aromatic rings. The van der Waals surface area contributed by atoms with E-state index in [0.29, 0.717) is 10.6 Å². The molecule has 0 unspecified atom stereocenters. The van der Waals surface area contributed by atoms with E-state index in [0.717, 1.165) is 5.56 Å². The summed E-state index contributed by atoms with van der Waals surface area (Å²) in [6, 6.07) is 8.89. The molecule has 0 aromatic heterocycles. The number of benzene rings is 1. The molecule has 82 valence electrons. The molecular formula is C12H10ClNO2. The fourth-order valence-electron chi connectivity index (χ4n) is 1.16. The second-order valence-electron chi connectivity index (χ2n) is 3.05. The van der Waals surface area contributed by atoms with E-state index in [2.05, 4.69) is 4.74 Å². The molecule has 0 aliphatic rings. The van der Waals surface area contributed by atoms with Gasteiger partial charge in [-0.25, -0.2) is 4.79 Å². The molecule has 0 spiro atoms. The number of rotatable bonds is 3. The minimum Gasteiger partial charge on any atom is -0.466 e. The molecule has 0 saturated heterocycles. The number of hydrogen-bond acceptors (Lipinski definition) is 3. The smallest absolute Gasteiger partial charge is 0.334 e. The Kier molecular flexibility index (Phi) is 4.56. The van der Waals surface area contributed by atoms with Crippen molar-refractivity contribution >= 4 is 23.6 Å². The van der Waals surface area contributed by atoms with Gasteiger partial charge >= 0.3 is 5.97 Å². The number of ether oxygens (including phenoxy) is 1. The van der Waals surface area contributed by atoms with Crippen molar-refractivity contribution in [2.75, 3.05) is 7.11 Å². The average molecular weight is 236 g/mol. The third-order valence-electron chi connectivity index (χ3n) is 1.93. The van der Waals surface area contributed by atoms with E-state index in [4.69, 9.17) is 16.9 Å². The molecule has 0 fully saturated rings. The van der Waals surface area contributed by atoms with Crippen LogP contribution in [-0.4, -0.2) is 13.1 Å². The molecule has 16 heavy (non-hydrogen) atoms. The van der Waals surface area contributed by atoms with Gasteiger partial charge in [-0.3, -0.25) is 0 Å². The van der Waals surface area contributed by atoms with E-state index in [1.807, 2.05) is 6.07 Å². The molecule has 0 N–H and O–H groups in total. The minimum absolute atomic E-state index is 0.0231. The number of hydrogen-bond donors (Lipinski definition) is 0. The highest BCUT2D eigenvalue weighted by Crippen LogP contribution is 2.14. The first-order valence-electron chi connectivity index (χ1n) is 4.58. The second kappa shape index (κ2) is 5.94.